The number of fused-ring (bicyclic) bond motifs is 1. The average Bonchev–Trinajstić information content (AvgIpc) is 3.35. The number of nitrogens with one attached hydrogen (secondary N) is 1. The smallest absolute Gasteiger partial charge is 0.231 e. The number of rotatable bonds is 6. The lowest BCUT2D eigenvalue weighted by molar-refractivity contribution is -0.116. The van der Waals surface area contributed by atoms with E-state index in [-0.39, 0.29) is 12.7 Å². The Labute approximate surface area is 163 Å². The summed E-state index contributed by atoms with van der Waals surface area (Å²) < 4.78 is 15.9. The number of aryl methyl sites for hydroxylation is 1. The molecule has 0 bridgehead atoms. The van der Waals surface area contributed by atoms with Crippen molar-refractivity contribution in [1.82, 2.24) is 5.16 Å². The quantitative estimate of drug-likeness (QED) is 0.669. The Hall–Kier alpha value is -3.28. The van der Waals surface area contributed by atoms with Crippen LogP contribution in [-0.4, -0.2) is 17.9 Å². The number of nitrogens with zero attached hydrogens (tertiary/aromatic N) is 1. The molecule has 0 spiro atoms. The van der Waals surface area contributed by atoms with Gasteiger partial charge in [-0.05, 0) is 41.7 Å². The van der Waals surface area contributed by atoms with E-state index in [1.54, 1.807) is 6.07 Å². The third-order valence-electron chi connectivity index (χ3n) is 4.73. The van der Waals surface area contributed by atoms with Crippen LogP contribution in [0.3, 0.4) is 0 Å². The summed E-state index contributed by atoms with van der Waals surface area (Å²) in [5.74, 6) is 2.11. The van der Waals surface area contributed by atoms with Crippen molar-refractivity contribution in [2.75, 3.05) is 12.1 Å². The summed E-state index contributed by atoms with van der Waals surface area (Å²) in [6.07, 6.45) is 1.05. The number of ether oxygens (including phenoxy) is 2. The van der Waals surface area contributed by atoms with Gasteiger partial charge in [0.25, 0.3) is 0 Å². The zero-order valence-electron chi connectivity index (χ0n) is 15.9. The van der Waals surface area contributed by atoms with E-state index in [9.17, 15) is 4.79 Å². The standard InChI is InChI=1S/C22H22N2O4/c1-14(2)16-6-3-15(4-7-16)5-10-21(25)23-22-12-18(24-28-22)17-8-9-19-20(11-17)27-13-26-19/h3-4,6-9,11-12,14H,5,10,13H2,1-2H3,(H,23,25). The first-order valence-electron chi connectivity index (χ1n) is 9.34. The zero-order chi connectivity index (χ0) is 19.5. The van der Waals surface area contributed by atoms with E-state index in [0.717, 1.165) is 11.1 Å². The van der Waals surface area contributed by atoms with Crippen LogP contribution in [0.1, 0.15) is 37.3 Å². The fourth-order valence-corrected chi connectivity index (χ4v) is 3.05. The van der Waals surface area contributed by atoms with Gasteiger partial charge in [-0.25, -0.2) is 0 Å². The maximum absolute atomic E-state index is 12.2. The number of carbonyl (C=O) groups is 1. The molecule has 1 aliphatic heterocycles. The molecular weight excluding hydrogens is 356 g/mol. The van der Waals surface area contributed by atoms with E-state index in [2.05, 4.69) is 48.6 Å². The Morgan fingerprint density at radius 3 is 2.64 bits per heavy atom. The Balaban J connectivity index is 1.34. The van der Waals surface area contributed by atoms with Crippen molar-refractivity contribution < 1.29 is 18.8 Å². The molecule has 1 aliphatic rings. The molecule has 2 heterocycles. The summed E-state index contributed by atoms with van der Waals surface area (Å²) >= 11 is 0. The number of carbonyl (C=O) groups excluding carboxylic acids is 1. The molecular formula is C22H22N2O4. The highest BCUT2D eigenvalue weighted by Crippen LogP contribution is 2.36. The second-order valence-corrected chi connectivity index (χ2v) is 7.09. The van der Waals surface area contributed by atoms with Crippen molar-refractivity contribution in [3.63, 3.8) is 0 Å². The zero-order valence-corrected chi connectivity index (χ0v) is 15.9. The van der Waals surface area contributed by atoms with E-state index in [4.69, 9.17) is 14.0 Å². The minimum absolute atomic E-state index is 0.110. The van der Waals surface area contributed by atoms with E-state index in [1.165, 1.54) is 5.56 Å². The molecule has 1 N–H and O–H groups in total. The first-order chi connectivity index (χ1) is 13.6. The molecule has 144 valence electrons. The minimum atomic E-state index is -0.110. The number of amides is 1. The van der Waals surface area contributed by atoms with Crippen molar-refractivity contribution in [2.45, 2.75) is 32.6 Å². The number of hydrogen-bond donors (Lipinski definition) is 1. The molecule has 0 aliphatic carbocycles. The van der Waals surface area contributed by atoms with Crippen LogP contribution in [0.15, 0.2) is 53.1 Å². The monoisotopic (exact) mass is 378 g/mol. The molecule has 0 atom stereocenters. The predicted octanol–water partition coefficient (Wildman–Crippen LogP) is 4.77. The molecule has 2 aromatic carbocycles. The number of hydrogen-bond acceptors (Lipinski definition) is 5. The number of aromatic nitrogens is 1. The first-order valence-corrected chi connectivity index (χ1v) is 9.34. The second-order valence-electron chi connectivity index (χ2n) is 7.09. The Bertz CT molecular complexity index is 976. The normalized spacial score (nSPS) is 12.4. The molecule has 0 saturated heterocycles. The van der Waals surface area contributed by atoms with Crippen LogP contribution in [0.25, 0.3) is 11.3 Å². The van der Waals surface area contributed by atoms with Crippen molar-refractivity contribution in [3.8, 4) is 22.8 Å². The van der Waals surface area contributed by atoms with Gasteiger partial charge in [0, 0.05) is 18.1 Å². The van der Waals surface area contributed by atoms with Crippen LogP contribution in [0.4, 0.5) is 5.88 Å². The molecule has 6 nitrogen and oxygen atoms in total. The van der Waals surface area contributed by atoms with E-state index in [0.29, 0.717) is 41.8 Å². The van der Waals surface area contributed by atoms with Gasteiger partial charge in [0.05, 0.1) is 0 Å². The summed E-state index contributed by atoms with van der Waals surface area (Å²) in [4.78, 5) is 12.2. The van der Waals surface area contributed by atoms with Gasteiger partial charge in [0.1, 0.15) is 5.69 Å². The Kier molecular flexibility index (Phi) is 5.02. The topological polar surface area (TPSA) is 73.6 Å². The number of anilines is 1. The maximum atomic E-state index is 12.2. The van der Waals surface area contributed by atoms with Crippen LogP contribution in [0.5, 0.6) is 11.5 Å². The highest BCUT2D eigenvalue weighted by molar-refractivity contribution is 5.90. The highest BCUT2D eigenvalue weighted by atomic mass is 16.7. The lowest BCUT2D eigenvalue weighted by Gasteiger charge is -2.06. The van der Waals surface area contributed by atoms with Gasteiger partial charge in [-0.15, -0.1) is 0 Å². The molecule has 4 rings (SSSR count). The van der Waals surface area contributed by atoms with E-state index in [1.807, 2.05) is 18.2 Å². The van der Waals surface area contributed by atoms with Crippen molar-refractivity contribution in [2.24, 2.45) is 0 Å². The van der Waals surface area contributed by atoms with Crippen LogP contribution < -0.4 is 14.8 Å². The molecule has 1 amide bonds. The van der Waals surface area contributed by atoms with Gasteiger partial charge in [0.15, 0.2) is 11.5 Å². The second kappa shape index (κ2) is 7.76. The van der Waals surface area contributed by atoms with Gasteiger partial charge in [-0.1, -0.05) is 43.3 Å². The summed E-state index contributed by atoms with van der Waals surface area (Å²) in [6, 6.07) is 15.6. The molecule has 0 radical (unpaired) electrons. The van der Waals surface area contributed by atoms with E-state index < -0.39 is 0 Å². The predicted molar refractivity (Wildman–Crippen MR) is 106 cm³/mol. The summed E-state index contributed by atoms with van der Waals surface area (Å²) in [5.41, 5.74) is 3.89. The molecule has 0 fully saturated rings. The summed E-state index contributed by atoms with van der Waals surface area (Å²) in [5, 5.41) is 6.78. The van der Waals surface area contributed by atoms with Crippen LogP contribution in [0, 0.1) is 0 Å². The molecule has 6 heteroatoms. The fraction of sp³-hybridized carbons (Fsp3) is 0.273. The van der Waals surface area contributed by atoms with Crippen molar-refractivity contribution in [1.29, 1.82) is 0 Å². The molecule has 0 unspecified atom stereocenters. The Morgan fingerprint density at radius 2 is 1.86 bits per heavy atom. The van der Waals surface area contributed by atoms with Gasteiger partial charge in [-0.2, -0.15) is 0 Å². The SMILES string of the molecule is CC(C)c1ccc(CCC(=O)Nc2cc(-c3ccc4c(c3)OCO4)no2)cc1. The van der Waals surface area contributed by atoms with E-state index >= 15 is 0 Å². The average molecular weight is 378 g/mol. The van der Waals surface area contributed by atoms with Crippen molar-refractivity contribution in [3.05, 3.63) is 59.7 Å². The first kappa shape index (κ1) is 18.1. The molecule has 28 heavy (non-hydrogen) atoms. The fourth-order valence-electron chi connectivity index (χ4n) is 3.05. The lowest BCUT2D eigenvalue weighted by Crippen LogP contribution is -2.11. The summed E-state index contributed by atoms with van der Waals surface area (Å²) in [7, 11) is 0. The molecule has 3 aromatic rings. The third-order valence-corrected chi connectivity index (χ3v) is 4.73. The largest absolute Gasteiger partial charge is 0.454 e. The molecule has 0 saturated carbocycles. The van der Waals surface area contributed by atoms with Crippen LogP contribution >= 0.6 is 0 Å². The van der Waals surface area contributed by atoms with Crippen molar-refractivity contribution >= 4 is 11.8 Å². The van der Waals surface area contributed by atoms with Gasteiger partial charge in [0.2, 0.25) is 18.6 Å². The Morgan fingerprint density at radius 1 is 1.07 bits per heavy atom. The van der Waals surface area contributed by atoms with Crippen LogP contribution in [-0.2, 0) is 11.2 Å². The number of benzene rings is 2. The highest BCUT2D eigenvalue weighted by Gasteiger charge is 2.16. The molecule has 1 aromatic heterocycles. The van der Waals surface area contributed by atoms with Gasteiger partial charge < -0.3 is 14.0 Å². The lowest BCUT2D eigenvalue weighted by atomic mass is 10.0. The summed E-state index contributed by atoms with van der Waals surface area (Å²) in [6.45, 7) is 4.55. The van der Waals surface area contributed by atoms with Gasteiger partial charge in [-0.3, -0.25) is 10.1 Å². The van der Waals surface area contributed by atoms with Gasteiger partial charge >= 0.3 is 0 Å². The minimum Gasteiger partial charge on any atom is -0.454 e. The van der Waals surface area contributed by atoms with Crippen LogP contribution in [0.2, 0.25) is 0 Å². The third kappa shape index (κ3) is 4.01. The maximum Gasteiger partial charge on any atom is 0.231 e.